The number of aromatic nitrogens is 2. The van der Waals surface area contributed by atoms with Crippen molar-refractivity contribution in [3.8, 4) is 0 Å². The number of carbonyl (C=O) groups excluding carboxylic acids is 2. The van der Waals surface area contributed by atoms with E-state index in [2.05, 4.69) is 36.4 Å². The fraction of sp³-hybridized carbons (Fsp3) is 0.375. The second-order valence-electron chi connectivity index (χ2n) is 14.6. The minimum absolute atomic E-state index is 0.159. The predicted octanol–water partition coefficient (Wildman–Crippen LogP) is 6.11. The van der Waals surface area contributed by atoms with Crippen molar-refractivity contribution in [3.05, 3.63) is 168 Å². The van der Waals surface area contributed by atoms with E-state index < -0.39 is 7.32 Å². The molecule has 10 heteroatoms. The number of ketones is 2. The van der Waals surface area contributed by atoms with Crippen LogP contribution in [-0.4, -0.2) is 38.7 Å². The fourth-order valence-electron chi connectivity index (χ4n) is 8.15. The third-order valence-corrected chi connectivity index (χ3v) is 10.9. The highest BCUT2D eigenvalue weighted by Gasteiger charge is 2.36. The zero-order chi connectivity index (χ0) is 41.0. The Morgan fingerprint density at radius 2 is 0.948 bits per heavy atom. The van der Waals surface area contributed by atoms with Gasteiger partial charge in [0.2, 0.25) is 24.0 Å². The molecule has 0 aliphatic heterocycles. The molecular weight excluding hydrogens is 727 g/mol. The van der Waals surface area contributed by atoms with Crippen molar-refractivity contribution in [1.29, 1.82) is 0 Å². The second-order valence-corrected chi connectivity index (χ2v) is 14.6. The standard InChI is InChI=1S/C22H21BO3.2C13H18NO2/c24-23(25)26-18-10-17-22(19-11-4-1-5-12-19,20-13-6-2-7-14-20)21-15-8-3-9-16-21;2*1-2-16-14-10-6-5-9-12(14)13(15)11-7-3-4-8-11/h1-9,11-16H,10,17-18H2;2*5-6,9-11H,2-4,7-8H2,1H3/q-2;2*+1. The molecule has 2 aliphatic rings. The van der Waals surface area contributed by atoms with Gasteiger partial charge >= 0.3 is 0 Å². The smallest absolute Gasteiger partial charge is 0.300 e. The molecule has 0 atom stereocenters. The molecule has 0 radical (unpaired) electrons. The summed E-state index contributed by atoms with van der Waals surface area (Å²) in [7, 11) is -2.23. The molecule has 0 N–H and O–H groups in total. The summed E-state index contributed by atoms with van der Waals surface area (Å²) in [5.74, 6) is 0.862. The molecule has 0 unspecified atom stereocenters. The summed E-state index contributed by atoms with van der Waals surface area (Å²) in [5.41, 5.74) is 4.52. The van der Waals surface area contributed by atoms with Gasteiger partial charge in [0.05, 0.1) is 7.32 Å². The van der Waals surface area contributed by atoms with Gasteiger partial charge in [0.25, 0.3) is 11.4 Å². The number of hydrogen-bond acceptors (Lipinski definition) is 7. The van der Waals surface area contributed by atoms with Crippen molar-refractivity contribution in [1.82, 2.24) is 0 Å². The van der Waals surface area contributed by atoms with Crippen LogP contribution < -0.4 is 29.2 Å². The first kappa shape index (κ1) is 44.0. The maximum Gasteiger partial charge on any atom is 0.300 e. The Morgan fingerprint density at radius 3 is 1.29 bits per heavy atom. The summed E-state index contributed by atoms with van der Waals surface area (Å²) in [6.07, 6.45) is 13.8. The number of pyridine rings is 2. The lowest BCUT2D eigenvalue weighted by Crippen LogP contribution is -2.48. The Morgan fingerprint density at radius 1 is 0.586 bits per heavy atom. The molecule has 2 saturated carbocycles. The first-order chi connectivity index (χ1) is 28.4. The van der Waals surface area contributed by atoms with Crippen LogP contribution in [0.3, 0.4) is 0 Å². The lowest BCUT2D eigenvalue weighted by atomic mass is 9.67. The molecule has 2 heterocycles. The Balaban J connectivity index is 0.000000174. The van der Waals surface area contributed by atoms with Gasteiger partial charge in [-0.05, 0) is 81.2 Å². The van der Waals surface area contributed by atoms with Crippen molar-refractivity contribution >= 4 is 18.9 Å². The maximum absolute atomic E-state index is 12.2. The predicted molar refractivity (Wildman–Crippen MR) is 220 cm³/mol. The van der Waals surface area contributed by atoms with E-state index in [1.54, 1.807) is 21.9 Å². The summed E-state index contributed by atoms with van der Waals surface area (Å²) in [5, 5.41) is 21.4. The minimum atomic E-state index is -2.23. The Kier molecular flexibility index (Phi) is 17.7. The quantitative estimate of drug-likeness (QED) is 0.0390. The van der Waals surface area contributed by atoms with Gasteiger partial charge in [-0.15, -0.1) is 0 Å². The van der Waals surface area contributed by atoms with Crippen LogP contribution in [0.1, 0.15) is 116 Å². The molecule has 2 fully saturated rings. The van der Waals surface area contributed by atoms with E-state index in [0.29, 0.717) is 31.0 Å². The molecule has 0 bridgehead atoms. The minimum Gasteiger partial charge on any atom is -0.871 e. The first-order valence-corrected chi connectivity index (χ1v) is 20.8. The van der Waals surface area contributed by atoms with E-state index >= 15 is 0 Å². The number of nitrogens with zero attached hydrogens (tertiary/aromatic N) is 2. The first-order valence-electron chi connectivity index (χ1n) is 20.8. The van der Waals surface area contributed by atoms with Crippen molar-refractivity contribution in [3.63, 3.8) is 0 Å². The average molecular weight is 785 g/mol. The topological polar surface area (TPSA) is 116 Å². The summed E-state index contributed by atoms with van der Waals surface area (Å²) >= 11 is 0. The van der Waals surface area contributed by atoms with Gasteiger partial charge in [0, 0.05) is 57.6 Å². The zero-order valence-corrected chi connectivity index (χ0v) is 34.0. The van der Waals surface area contributed by atoms with Crippen LogP contribution in [0.4, 0.5) is 0 Å². The van der Waals surface area contributed by atoms with E-state index in [1.807, 2.05) is 105 Å². The van der Waals surface area contributed by atoms with E-state index in [9.17, 15) is 19.6 Å². The summed E-state index contributed by atoms with van der Waals surface area (Å²) < 4.78 is 7.93. The molecule has 0 amide bonds. The number of hydrogen-bond donors (Lipinski definition) is 0. The zero-order valence-electron chi connectivity index (χ0n) is 34.0. The van der Waals surface area contributed by atoms with E-state index in [4.69, 9.17) is 14.3 Å². The van der Waals surface area contributed by atoms with Crippen LogP contribution in [0.15, 0.2) is 140 Å². The normalized spacial score (nSPS) is 14.1. The maximum atomic E-state index is 12.2. The number of Topliss-reactive ketones (excluding diaryl/α,β-unsaturated/α-hetero) is 2. The third kappa shape index (κ3) is 11.9. The largest absolute Gasteiger partial charge is 0.871 e. The highest BCUT2D eigenvalue weighted by molar-refractivity contribution is 6.28. The Hall–Kier alpha value is -5.16. The second kappa shape index (κ2) is 23.3. The summed E-state index contributed by atoms with van der Waals surface area (Å²) in [6.45, 7) is 5.14. The molecule has 2 aliphatic carbocycles. The lowest BCUT2D eigenvalue weighted by Gasteiger charge is -2.37. The van der Waals surface area contributed by atoms with Crippen LogP contribution in [-0.2, 0) is 10.1 Å². The van der Waals surface area contributed by atoms with Gasteiger partial charge in [-0.2, -0.15) is 0 Å². The summed E-state index contributed by atoms with van der Waals surface area (Å²) in [4.78, 5) is 35.3. The molecule has 304 valence electrons. The Bertz CT molecular complexity index is 1780. The van der Waals surface area contributed by atoms with Gasteiger partial charge in [-0.25, -0.2) is 0 Å². The fourth-order valence-corrected chi connectivity index (χ4v) is 8.15. The van der Waals surface area contributed by atoms with Crippen LogP contribution >= 0.6 is 0 Å². The van der Waals surface area contributed by atoms with Gasteiger partial charge in [0.1, 0.15) is 0 Å². The highest BCUT2D eigenvalue weighted by Crippen LogP contribution is 2.43. The highest BCUT2D eigenvalue weighted by atomic mass is 16.7. The third-order valence-electron chi connectivity index (χ3n) is 10.9. The molecule has 5 aromatic rings. The number of benzene rings is 3. The molecule has 0 saturated heterocycles. The van der Waals surface area contributed by atoms with Crippen LogP contribution in [0, 0.1) is 11.8 Å². The van der Waals surface area contributed by atoms with E-state index in [0.717, 1.165) is 32.1 Å². The monoisotopic (exact) mass is 784 g/mol. The molecule has 58 heavy (non-hydrogen) atoms. The molecule has 3 aromatic carbocycles. The lowest BCUT2D eigenvalue weighted by molar-refractivity contribution is -0.892. The molecule has 2 aromatic heterocycles. The van der Waals surface area contributed by atoms with Crippen molar-refractivity contribution < 1.29 is 43.4 Å². The van der Waals surface area contributed by atoms with Crippen molar-refractivity contribution in [2.45, 2.75) is 83.5 Å². The molecular formula is C48H57BN2O7. The average Bonchev–Trinajstić information content (AvgIpc) is 4.02. The van der Waals surface area contributed by atoms with Crippen LogP contribution in [0.25, 0.3) is 0 Å². The van der Waals surface area contributed by atoms with Crippen LogP contribution in [0.2, 0.25) is 0 Å². The van der Waals surface area contributed by atoms with E-state index in [-0.39, 0.29) is 35.4 Å². The molecule has 9 nitrogen and oxygen atoms in total. The van der Waals surface area contributed by atoms with Crippen LogP contribution in [0.5, 0.6) is 0 Å². The van der Waals surface area contributed by atoms with Gasteiger partial charge in [-0.1, -0.05) is 117 Å². The Labute approximate surface area is 344 Å². The van der Waals surface area contributed by atoms with Gasteiger partial charge in [0.15, 0.2) is 13.2 Å². The van der Waals surface area contributed by atoms with Gasteiger partial charge in [-0.3, -0.25) is 19.3 Å². The number of carbonyl (C=O) groups is 2. The van der Waals surface area contributed by atoms with Crippen molar-refractivity contribution in [2.24, 2.45) is 11.8 Å². The summed E-state index contributed by atoms with van der Waals surface area (Å²) in [6, 6.07) is 42.2. The SMILES string of the molecule is CCO[n+]1ccccc1C(=O)C1CCCC1.CCO[n+]1ccccc1C(=O)C1CCCC1.[O-]B([O-])OCCCC(c1ccccc1)(c1ccccc1)c1ccccc1. The number of rotatable bonds is 16. The molecule has 0 spiro atoms. The van der Waals surface area contributed by atoms with Crippen molar-refractivity contribution in [2.75, 3.05) is 19.8 Å². The van der Waals surface area contributed by atoms with Gasteiger partial charge < -0.3 is 14.7 Å². The van der Waals surface area contributed by atoms with E-state index in [1.165, 1.54) is 42.4 Å². The molecule has 7 rings (SSSR count).